The number of aromatic nitrogens is 1. The topological polar surface area (TPSA) is 34.1 Å². The van der Waals surface area contributed by atoms with E-state index in [0.717, 1.165) is 16.5 Å². The molecule has 0 amide bonds. The molecule has 2 aromatic carbocycles. The van der Waals surface area contributed by atoms with Crippen LogP contribution in [0.25, 0.3) is 22.0 Å². The average molecular weight is 282 g/mol. The van der Waals surface area contributed by atoms with Crippen LogP contribution in [0, 0.1) is 5.82 Å². The van der Waals surface area contributed by atoms with Crippen LogP contribution in [0.1, 0.15) is 6.92 Å². The van der Waals surface area contributed by atoms with Crippen LogP contribution >= 0.6 is 0 Å². The molecule has 1 aromatic heterocycles. The second-order valence-corrected chi connectivity index (χ2v) is 4.62. The zero-order chi connectivity index (χ0) is 14.7. The highest BCUT2D eigenvalue weighted by Crippen LogP contribution is 2.26. The van der Waals surface area contributed by atoms with E-state index in [-0.39, 0.29) is 5.82 Å². The highest BCUT2D eigenvalue weighted by molar-refractivity contribution is 5.85. The van der Waals surface area contributed by atoms with Gasteiger partial charge < -0.3 is 0 Å². The summed E-state index contributed by atoms with van der Waals surface area (Å²) in [6, 6.07) is 16.2. The van der Waals surface area contributed by atoms with Crippen LogP contribution < -0.4 is 5.48 Å². The van der Waals surface area contributed by atoms with E-state index in [4.69, 9.17) is 4.84 Å². The highest BCUT2D eigenvalue weighted by atomic mass is 19.1. The summed E-state index contributed by atoms with van der Waals surface area (Å²) in [4.78, 5) is 9.56. The van der Waals surface area contributed by atoms with Crippen molar-refractivity contribution in [2.45, 2.75) is 6.92 Å². The van der Waals surface area contributed by atoms with Gasteiger partial charge >= 0.3 is 0 Å². The van der Waals surface area contributed by atoms with Gasteiger partial charge in [0.05, 0.1) is 12.1 Å². The maximum atomic E-state index is 13.8. The minimum absolute atomic E-state index is 0.223. The summed E-state index contributed by atoms with van der Waals surface area (Å²) >= 11 is 0. The second-order valence-electron chi connectivity index (χ2n) is 4.62. The van der Waals surface area contributed by atoms with Crippen LogP contribution in [0.4, 0.5) is 10.2 Å². The van der Waals surface area contributed by atoms with Crippen LogP contribution in [0.2, 0.25) is 0 Å². The predicted molar refractivity (Wildman–Crippen MR) is 82.4 cm³/mol. The minimum Gasteiger partial charge on any atom is -0.275 e. The summed E-state index contributed by atoms with van der Waals surface area (Å²) in [6.07, 6.45) is 0. The lowest BCUT2D eigenvalue weighted by Gasteiger charge is -2.07. The Morgan fingerprint density at radius 1 is 1.10 bits per heavy atom. The van der Waals surface area contributed by atoms with Crippen molar-refractivity contribution in [3.63, 3.8) is 0 Å². The van der Waals surface area contributed by atoms with E-state index in [1.54, 1.807) is 12.1 Å². The van der Waals surface area contributed by atoms with Crippen LogP contribution in [-0.4, -0.2) is 11.6 Å². The van der Waals surface area contributed by atoms with Gasteiger partial charge in [0.2, 0.25) is 0 Å². The van der Waals surface area contributed by atoms with Gasteiger partial charge in [-0.25, -0.2) is 14.9 Å². The molecule has 0 spiro atoms. The Morgan fingerprint density at radius 2 is 1.95 bits per heavy atom. The van der Waals surface area contributed by atoms with Gasteiger partial charge in [0.25, 0.3) is 0 Å². The van der Waals surface area contributed by atoms with Crippen molar-refractivity contribution in [2.24, 2.45) is 0 Å². The first-order chi connectivity index (χ1) is 10.3. The third-order valence-corrected chi connectivity index (χ3v) is 3.20. The van der Waals surface area contributed by atoms with Gasteiger partial charge in [-0.1, -0.05) is 24.3 Å². The first kappa shape index (κ1) is 13.5. The summed E-state index contributed by atoms with van der Waals surface area (Å²) in [5.41, 5.74) is 5.04. The number of pyridine rings is 1. The molecule has 0 bridgehead atoms. The number of halogens is 1. The SMILES string of the molecule is CCONc1ccc2cc(-c3ccccc3F)ccc2n1. The molecule has 1 N–H and O–H groups in total. The van der Waals surface area contributed by atoms with Crippen molar-refractivity contribution in [3.8, 4) is 11.1 Å². The number of nitrogens with zero attached hydrogens (tertiary/aromatic N) is 1. The van der Waals surface area contributed by atoms with Crippen molar-refractivity contribution in [3.05, 3.63) is 60.4 Å². The van der Waals surface area contributed by atoms with Gasteiger partial charge in [0.15, 0.2) is 0 Å². The van der Waals surface area contributed by atoms with Gasteiger partial charge in [-0.15, -0.1) is 0 Å². The van der Waals surface area contributed by atoms with Gasteiger partial charge in [-0.05, 0) is 42.8 Å². The molecule has 3 aromatic rings. The van der Waals surface area contributed by atoms with Crippen LogP contribution in [-0.2, 0) is 4.84 Å². The van der Waals surface area contributed by atoms with E-state index in [1.807, 2.05) is 43.3 Å². The molecule has 1 heterocycles. The number of anilines is 1. The molecular formula is C17H15FN2O. The molecule has 0 unspecified atom stereocenters. The molecule has 0 aliphatic heterocycles. The molecule has 0 radical (unpaired) electrons. The number of rotatable bonds is 4. The fourth-order valence-corrected chi connectivity index (χ4v) is 2.19. The molecule has 106 valence electrons. The van der Waals surface area contributed by atoms with Gasteiger partial charge in [0, 0.05) is 10.9 Å². The Bertz CT molecular complexity index is 774. The van der Waals surface area contributed by atoms with Crippen LogP contribution in [0.5, 0.6) is 0 Å². The molecule has 0 saturated carbocycles. The maximum Gasteiger partial charge on any atom is 0.150 e. The average Bonchev–Trinajstić information content (AvgIpc) is 2.53. The quantitative estimate of drug-likeness (QED) is 0.720. The lowest BCUT2D eigenvalue weighted by molar-refractivity contribution is 0.209. The third kappa shape index (κ3) is 2.85. The van der Waals surface area contributed by atoms with Crippen molar-refractivity contribution < 1.29 is 9.23 Å². The monoisotopic (exact) mass is 282 g/mol. The molecule has 4 heteroatoms. The maximum absolute atomic E-state index is 13.8. The van der Waals surface area contributed by atoms with Crippen molar-refractivity contribution in [1.29, 1.82) is 0 Å². The molecule has 3 rings (SSSR count). The van der Waals surface area contributed by atoms with E-state index in [9.17, 15) is 4.39 Å². The number of hydrogen-bond donors (Lipinski definition) is 1. The zero-order valence-electron chi connectivity index (χ0n) is 11.6. The smallest absolute Gasteiger partial charge is 0.150 e. The van der Waals surface area contributed by atoms with Gasteiger partial charge in [-0.2, -0.15) is 0 Å². The first-order valence-corrected chi connectivity index (χ1v) is 6.81. The van der Waals surface area contributed by atoms with E-state index in [2.05, 4.69) is 10.5 Å². The number of nitrogens with one attached hydrogen (secondary N) is 1. The summed E-state index contributed by atoms with van der Waals surface area (Å²) in [5, 5.41) is 0.956. The second kappa shape index (κ2) is 5.89. The highest BCUT2D eigenvalue weighted by Gasteiger charge is 2.05. The molecule has 0 fully saturated rings. The Balaban J connectivity index is 1.99. The summed E-state index contributed by atoms with van der Waals surface area (Å²) < 4.78 is 13.8. The Hall–Kier alpha value is -2.46. The van der Waals surface area contributed by atoms with Crippen LogP contribution in [0.15, 0.2) is 54.6 Å². The molecule has 3 nitrogen and oxygen atoms in total. The predicted octanol–water partition coefficient (Wildman–Crippen LogP) is 4.40. The first-order valence-electron chi connectivity index (χ1n) is 6.81. The number of fused-ring (bicyclic) bond motifs is 1. The van der Waals surface area contributed by atoms with Crippen molar-refractivity contribution in [1.82, 2.24) is 4.98 Å². The summed E-state index contributed by atoms with van der Waals surface area (Å²) in [7, 11) is 0. The number of benzene rings is 2. The molecule has 0 saturated heterocycles. The minimum atomic E-state index is -0.223. The van der Waals surface area contributed by atoms with Crippen molar-refractivity contribution in [2.75, 3.05) is 12.1 Å². The summed E-state index contributed by atoms with van der Waals surface area (Å²) in [5.74, 6) is 0.433. The Labute approximate surface area is 122 Å². The lowest BCUT2D eigenvalue weighted by atomic mass is 10.0. The van der Waals surface area contributed by atoms with Crippen molar-refractivity contribution >= 4 is 16.7 Å². The molecule has 0 atom stereocenters. The fourth-order valence-electron chi connectivity index (χ4n) is 2.19. The van der Waals surface area contributed by atoms with Crippen LogP contribution in [0.3, 0.4) is 0 Å². The largest absolute Gasteiger partial charge is 0.275 e. The zero-order valence-corrected chi connectivity index (χ0v) is 11.6. The Morgan fingerprint density at radius 3 is 2.76 bits per heavy atom. The van der Waals surface area contributed by atoms with Gasteiger partial charge in [0.1, 0.15) is 11.6 Å². The summed E-state index contributed by atoms with van der Waals surface area (Å²) in [6.45, 7) is 2.46. The van der Waals surface area contributed by atoms with E-state index in [0.29, 0.717) is 18.0 Å². The van der Waals surface area contributed by atoms with Gasteiger partial charge in [-0.3, -0.25) is 4.84 Å². The molecule has 0 aliphatic carbocycles. The molecule has 0 aliphatic rings. The fraction of sp³-hybridized carbons (Fsp3) is 0.118. The standard InChI is InChI=1S/C17H15FN2O/c1-2-21-20-17-10-8-13-11-12(7-9-16(13)19-17)14-5-3-4-6-15(14)18/h3-11H,2H2,1H3,(H,19,20). The Kier molecular flexibility index (Phi) is 3.79. The molecular weight excluding hydrogens is 267 g/mol. The lowest BCUT2D eigenvalue weighted by Crippen LogP contribution is -2.01. The van der Waals surface area contributed by atoms with E-state index in [1.165, 1.54) is 6.07 Å². The van der Waals surface area contributed by atoms with E-state index < -0.39 is 0 Å². The normalized spacial score (nSPS) is 10.8. The van der Waals surface area contributed by atoms with E-state index >= 15 is 0 Å². The molecule has 21 heavy (non-hydrogen) atoms. The number of hydrogen-bond acceptors (Lipinski definition) is 3. The third-order valence-electron chi connectivity index (χ3n) is 3.20.